The zero-order valence-corrected chi connectivity index (χ0v) is 14.7. The van der Waals surface area contributed by atoms with Gasteiger partial charge in [-0.2, -0.15) is 5.10 Å². The number of benzene rings is 1. The van der Waals surface area contributed by atoms with Crippen molar-refractivity contribution < 1.29 is 12.8 Å². The number of pyridine rings is 1. The SMILES string of the molecule is Cn1cc(-c2ccc(CNS(=O)(=O)c3ccc(F)c(Cl)c3)cn2)cn1. The van der Waals surface area contributed by atoms with Crippen LogP contribution in [-0.4, -0.2) is 23.2 Å². The maximum absolute atomic E-state index is 13.2. The summed E-state index contributed by atoms with van der Waals surface area (Å²) >= 11 is 5.63. The van der Waals surface area contributed by atoms with E-state index >= 15 is 0 Å². The number of sulfonamides is 1. The number of nitrogens with zero attached hydrogens (tertiary/aromatic N) is 3. The predicted octanol–water partition coefficient (Wildman–Crippen LogP) is 2.75. The van der Waals surface area contributed by atoms with Crippen molar-refractivity contribution in [2.75, 3.05) is 0 Å². The molecule has 0 fully saturated rings. The van der Waals surface area contributed by atoms with E-state index in [0.717, 1.165) is 29.5 Å². The molecule has 0 saturated heterocycles. The molecular weight excluding hydrogens is 367 g/mol. The number of hydrogen-bond donors (Lipinski definition) is 1. The van der Waals surface area contributed by atoms with Crippen molar-refractivity contribution in [3.05, 3.63) is 65.3 Å². The zero-order valence-electron chi connectivity index (χ0n) is 13.1. The molecule has 2 aromatic heterocycles. The number of rotatable bonds is 5. The number of hydrogen-bond acceptors (Lipinski definition) is 4. The molecule has 1 aromatic carbocycles. The van der Waals surface area contributed by atoms with Crippen LogP contribution in [0.5, 0.6) is 0 Å². The van der Waals surface area contributed by atoms with E-state index < -0.39 is 15.8 Å². The summed E-state index contributed by atoms with van der Waals surface area (Å²) in [7, 11) is -1.99. The summed E-state index contributed by atoms with van der Waals surface area (Å²) in [6.07, 6.45) is 5.12. The maximum Gasteiger partial charge on any atom is 0.240 e. The second-order valence-electron chi connectivity index (χ2n) is 5.35. The van der Waals surface area contributed by atoms with Gasteiger partial charge in [-0.15, -0.1) is 0 Å². The van der Waals surface area contributed by atoms with Gasteiger partial charge >= 0.3 is 0 Å². The molecule has 0 aliphatic heterocycles. The molecule has 0 unspecified atom stereocenters. The maximum atomic E-state index is 13.2. The van der Waals surface area contributed by atoms with E-state index in [9.17, 15) is 12.8 Å². The highest BCUT2D eigenvalue weighted by atomic mass is 35.5. The molecule has 3 rings (SSSR count). The van der Waals surface area contributed by atoms with Crippen molar-refractivity contribution in [2.45, 2.75) is 11.4 Å². The fourth-order valence-corrected chi connectivity index (χ4v) is 3.45. The minimum absolute atomic E-state index is 0.0532. The molecule has 6 nitrogen and oxygen atoms in total. The van der Waals surface area contributed by atoms with Crippen LogP contribution in [0.1, 0.15) is 5.56 Å². The van der Waals surface area contributed by atoms with Crippen LogP contribution in [0.25, 0.3) is 11.3 Å². The van der Waals surface area contributed by atoms with Crippen molar-refractivity contribution in [1.29, 1.82) is 0 Å². The summed E-state index contributed by atoms with van der Waals surface area (Å²) in [4.78, 5) is 4.20. The van der Waals surface area contributed by atoms with Crippen LogP contribution in [0.15, 0.2) is 53.8 Å². The Morgan fingerprint density at radius 3 is 2.64 bits per heavy atom. The molecule has 0 saturated carbocycles. The normalized spacial score (nSPS) is 11.6. The van der Waals surface area contributed by atoms with Crippen molar-refractivity contribution in [3.8, 4) is 11.3 Å². The van der Waals surface area contributed by atoms with E-state index in [4.69, 9.17) is 11.6 Å². The smallest absolute Gasteiger partial charge is 0.240 e. The van der Waals surface area contributed by atoms with E-state index in [-0.39, 0.29) is 16.5 Å². The average molecular weight is 381 g/mol. The standard InChI is InChI=1S/C16H14ClFN4O2S/c1-22-10-12(9-20-22)16-5-2-11(7-19-16)8-21-25(23,24)13-3-4-15(18)14(17)6-13/h2-7,9-10,21H,8H2,1H3. The lowest BCUT2D eigenvalue weighted by Crippen LogP contribution is -2.23. The number of halogens is 2. The summed E-state index contributed by atoms with van der Waals surface area (Å²) in [5.74, 6) is -0.671. The predicted molar refractivity (Wildman–Crippen MR) is 91.9 cm³/mol. The van der Waals surface area contributed by atoms with Gasteiger partial charge in [0.2, 0.25) is 10.0 Å². The molecule has 9 heteroatoms. The van der Waals surface area contributed by atoms with E-state index in [1.54, 1.807) is 29.2 Å². The Bertz CT molecular complexity index is 1000. The van der Waals surface area contributed by atoms with Crippen molar-refractivity contribution in [3.63, 3.8) is 0 Å². The van der Waals surface area contributed by atoms with Crippen LogP contribution >= 0.6 is 11.6 Å². The van der Waals surface area contributed by atoms with Gasteiger partial charge in [-0.1, -0.05) is 17.7 Å². The van der Waals surface area contributed by atoms with Crippen LogP contribution in [-0.2, 0) is 23.6 Å². The van der Waals surface area contributed by atoms with E-state index in [1.807, 2.05) is 13.2 Å². The summed E-state index contributed by atoms with van der Waals surface area (Å²) < 4.78 is 41.7. The van der Waals surface area contributed by atoms with Gasteiger partial charge in [0.05, 0.1) is 21.8 Å². The molecule has 25 heavy (non-hydrogen) atoms. The molecule has 0 amide bonds. The Balaban J connectivity index is 1.71. The number of aromatic nitrogens is 3. The molecule has 0 bridgehead atoms. The first-order valence-electron chi connectivity index (χ1n) is 7.24. The molecule has 0 spiro atoms. The highest BCUT2D eigenvalue weighted by Crippen LogP contribution is 2.20. The Morgan fingerprint density at radius 1 is 1.24 bits per heavy atom. The first kappa shape index (κ1) is 17.5. The van der Waals surface area contributed by atoms with Crippen LogP contribution in [0, 0.1) is 5.82 Å². The van der Waals surface area contributed by atoms with Gasteiger partial charge in [0.25, 0.3) is 0 Å². The molecule has 1 N–H and O–H groups in total. The molecule has 2 heterocycles. The van der Waals surface area contributed by atoms with Gasteiger partial charge in [0.15, 0.2) is 0 Å². The first-order chi connectivity index (χ1) is 11.8. The van der Waals surface area contributed by atoms with Crippen molar-refractivity contribution >= 4 is 21.6 Å². The lowest BCUT2D eigenvalue weighted by Gasteiger charge is -2.08. The van der Waals surface area contributed by atoms with Crippen LogP contribution in [0.3, 0.4) is 0 Å². The van der Waals surface area contributed by atoms with Crippen molar-refractivity contribution in [1.82, 2.24) is 19.5 Å². The third-order valence-electron chi connectivity index (χ3n) is 3.49. The van der Waals surface area contributed by atoms with Crippen LogP contribution < -0.4 is 4.72 Å². The molecule has 0 aliphatic carbocycles. The van der Waals surface area contributed by atoms with E-state index in [1.165, 1.54) is 0 Å². The van der Waals surface area contributed by atoms with Gasteiger partial charge in [0.1, 0.15) is 5.82 Å². The Morgan fingerprint density at radius 2 is 2.04 bits per heavy atom. The van der Waals surface area contributed by atoms with E-state index in [0.29, 0.717) is 5.56 Å². The lowest BCUT2D eigenvalue weighted by molar-refractivity contribution is 0.580. The quantitative estimate of drug-likeness (QED) is 0.738. The average Bonchev–Trinajstić information content (AvgIpc) is 3.02. The van der Waals surface area contributed by atoms with Crippen LogP contribution in [0.2, 0.25) is 5.02 Å². The monoisotopic (exact) mass is 380 g/mol. The Hall–Kier alpha value is -2.29. The minimum Gasteiger partial charge on any atom is -0.275 e. The summed E-state index contributed by atoms with van der Waals surface area (Å²) in [6.45, 7) is 0.0532. The lowest BCUT2D eigenvalue weighted by atomic mass is 10.2. The molecule has 3 aromatic rings. The first-order valence-corrected chi connectivity index (χ1v) is 9.10. The van der Waals surface area contributed by atoms with Gasteiger partial charge in [-0.25, -0.2) is 17.5 Å². The van der Waals surface area contributed by atoms with Gasteiger partial charge in [-0.05, 0) is 29.8 Å². The topological polar surface area (TPSA) is 76.9 Å². The summed E-state index contributed by atoms with van der Waals surface area (Å²) in [6, 6.07) is 6.81. The summed E-state index contributed by atoms with van der Waals surface area (Å²) in [5, 5.41) is 3.83. The Labute approximate surface area is 149 Å². The molecule has 0 radical (unpaired) electrons. The highest BCUT2D eigenvalue weighted by molar-refractivity contribution is 7.89. The van der Waals surface area contributed by atoms with Crippen molar-refractivity contribution in [2.24, 2.45) is 7.05 Å². The van der Waals surface area contributed by atoms with Gasteiger partial charge < -0.3 is 0 Å². The van der Waals surface area contributed by atoms with Gasteiger partial charge in [-0.3, -0.25) is 9.67 Å². The van der Waals surface area contributed by atoms with Crippen LogP contribution in [0.4, 0.5) is 4.39 Å². The molecular formula is C16H14ClFN4O2S. The fourth-order valence-electron chi connectivity index (χ4n) is 2.16. The minimum atomic E-state index is -3.80. The number of nitrogens with one attached hydrogen (secondary N) is 1. The largest absolute Gasteiger partial charge is 0.275 e. The highest BCUT2D eigenvalue weighted by Gasteiger charge is 2.15. The molecule has 0 aliphatic rings. The second kappa shape index (κ2) is 6.91. The fraction of sp³-hybridized carbons (Fsp3) is 0.125. The zero-order chi connectivity index (χ0) is 18.0. The second-order valence-corrected chi connectivity index (χ2v) is 7.53. The number of aryl methyl sites for hydroxylation is 1. The third-order valence-corrected chi connectivity index (χ3v) is 5.18. The molecule has 130 valence electrons. The third kappa shape index (κ3) is 4.04. The van der Waals surface area contributed by atoms with E-state index in [2.05, 4.69) is 14.8 Å². The Kier molecular flexibility index (Phi) is 4.85. The van der Waals surface area contributed by atoms with Gasteiger partial charge in [0, 0.05) is 31.5 Å². The molecule has 0 atom stereocenters. The summed E-state index contributed by atoms with van der Waals surface area (Å²) in [5.41, 5.74) is 2.30.